The first-order valence-corrected chi connectivity index (χ1v) is 8.84. The summed E-state index contributed by atoms with van der Waals surface area (Å²) in [4.78, 5) is 2.94. The number of likely N-dealkylation sites (tertiary alicyclic amines) is 1. The Balaban J connectivity index is 2.27. The second-order valence-electron chi connectivity index (χ2n) is 5.45. The van der Waals surface area contributed by atoms with Crippen LogP contribution >= 0.6 is 0 Å². The number of hydrogen-bond donors (Lipinski definition) is 0. The molecule has 0 aliphatic carbocycles. The average molecular weight is 281 g/mol. The molecule has 1 heterocycles. The third-order valence-corrected chi connectivity index (χ3v) is 5.44. The van der Waals surface area contributed by atoms with E-state index < -0.39 is 9.84 Å². The minimum Gasteiger partial charge on any atom is -0.304 e. The fourth-order valence-corrected chi connectivity index (χ4v) is 4.04. The summed E-state index contributed by atoms with van der Waals surface area (Å²) >= 11 is 0. The van der Waals surface area contributed by atoms with Crippen molar-refractivity contribution in [3.05, 3.63) is 29.3 Å². The first-order chi connectivity index (χ1) is 8.93. The molecule has 1 aromatic rings. The zero-order valence-corrected chi connectivity index (χ0v) is 12.8. The molecule has 0 spiro atoms. The molecule has 0 unspecified atom stereocenters. The molecule has 2 rings (SSSR count). The van der Waals surface area contributed by atoms with Gasteiger partial charge in [-0.3, -0.25) is 0 Å². The Labute approximate surface area is 116 Å². The number of sulfone groups is 1. The lowest BCUT2D eigenvalue weighted by Gasteiger charge is -2.32. The Bertz CT molecular complexity index is 543. The van der Waals surface area contributed by atoms with Crippen molar-refractivity contribution in [2.24, 2.45) is 0 Å². The fraction of sp³-hybridized carbons (Fsp3) is 0.600. The van der Waals surface area contributed by atoms with Crippen molar-refractivity contribution in [3.8, 4) is 0 Å². The van der Waals surface area contributed by atoms with E-state index in [4.69, 9.17) is 0 Å². The van der Waals surface area contributed by atoms with Crippen molar-refractivity contribution >= 4 is 9.84 Å². The van der Waals surface area contributed by atoms with Gasteiger partial charge in [0.1, 0.15) is 0 Å². The van der Waals surface area contributed by atoms with Gasteiger partial charge >= 0.3 is 0 Å². The maximum absolute atomic E-state index is 11.8. The summed E-state index contributed by atoms with van der Waals surface area (Å²) < 4.78 is 23.6. The van der Waals surface area contributed by atoms with E-state index in [1.807, 2.05) is 13.0 Å². The standard InChI is InChI=1S/C15H23NO2S/c1-4-16-10-8-13(9-11-16)14-6-5-7-15(12(14)2)19(3,17)18/h5-7,13H,4,8-11H2,1-3H3. The summed E-state index contributed by atoms with van der Waals surface area (Å²) in [6.45, 7) is 7.47. The SMILES string of the molecule is CCN1CCC(c2cccc(S(C)(=O)=O)c2C)CC1. The molecule has 0 amide bonds. The van der Waals surface area contributed by atoms with E-state index >= 15 is 0 Å². The molecular formula is C15H23NO2S. The Morgan fingerprint density at radius 1 is 1.26 bits per heavy atom. The summed E-state index contributed by atoms with van der Waals surface area (Å²) in [5, 5.41) is 0. The maximum Gasteiger partial charge on any atom is 0.175 e. The van der Waals surface area contributed by atoms with Crippen molar-refractivity contribution in [1.82, 2.24) is 4.90 Å². The van der Waals surface area contributed by atoms with Crippen LogP contribution in [0.25, 0.3) is 0 Å². The smallest absolute Gasteiger partial charge is 0.175 e. The van der Waals surface area contributed by atoms with Crippen LogP contribution in [0.2, 0.25) is 0 Å². The van der Waals surface area contributed by atoms with Gasteiger partial charge in [-0.1, -0.05) is 19.1 Å². The van der Waals surface area contributed by atoms with Gasteiger partial charge in [-0.15, -0.1) is 0 Å². The predicted octanol–water partition coefficient (Wildman–Crippen LogP) is 2.60. The van der Waals surface area contributed by atoms with Crippen molar-refractivity contribution in [1.29, 1.82) is 0 Å². The second kappa shape index (κ2) is 5.63. The lowest BCUT2D eigenvalue weighted by atomic mass is 9.87. The molecule has 0 saturated carbocycles. The van der Waals surface area contributed by atoms with Gasteiger partial charge in [-0.05, 0) is 62.5 Å². The van der Waals surface area contributed by atoms with E-state index in [0.717, 1.165) is 38.0 Å². The molecule has 106 valence electrons. The van der Waals surface area contributed by atoms with Crippen LogP contribution in [0.5, 0.6) is 0 Å². The summed E-state index contributed by atoms with van der Waals surface area (Å²) in [6, 6.07) is 5.69. The van der Waals surface area contributed by atoms with Crippen LogP contribution in [0.4, 0.5) is 0 Å². The van der Waals surface area contributed by atoms with Crippen LogP contribution in [-0.4, -0.2) is 39.2 Å². The Morgan fingerprint density at radius 3 is 2.42 bits per heavy atom. The van der Waals surface area contributed by atoms with Gasteiger partial charge in [0.05, 0.1) is 4.90 Å². The molecule has 4 heteroatoms. The molecule has 1 fully saturated rings. The van der Waals surface area contributed by atoms with Crippen molar-refractivity contribution in [2.45, 2.75) is 37.5 Å². The number of piperidine rings is 1. The Hall–Kier alpha value is -0.870. The Kier molecular flexibility index (Phi) is 4.31. The summed E-state index contributed by atoms with van der Waals surface area (Å²) in [7, 11) is -3.12. The van der Waals surface area contributed by atoms with Crippen LogP contribution < -0.4 is 0 Å². The number of benzene rings is 1. The summed E-state index contributed by atoms with van der Waals surface area (Å²) in [6.07, 6.45) is 3.54. The lowest BCUT2D eigenvalue weighted by Crippen LogP contribution is -2.32. The van der Waals surface area contributed by atoms with Crippen LogP contribution in [0.1, 0.15) is 36.8 Å². The Morgan fingerprint density at radius 2 is 1.89 bits per heavy atom. The van der Waals surface area contributed by atoms with Crippen molar-refractivity contribution in [3.63, 3.8) is 0 Å². The first kappa shape index (κ1) is 14.5. The van der Waals surface area contributed by atoms with Crippen LogP contribution in [0.15, 0.2) is 23.1 Å². The van der Waals surface area contributed by atoms with E-state index in [1.54, 1.807) is 6.07 Å². The molecule has 1 saturated heterocycles. The molecule has 19 heavy (non-hydrogen) atoms. The quantitative estimate of drug-likeness (QED) is 0.854. The number of hydrogen-bond acceptors (Lipinski definition) is 3. The molecule has 0 N–H and O–H groups in total. The van der Waals surface area contributed by atoms with E-state index in [2.05, 4.69) is 17.9 Å². The zero-order valence-electron chi connectivity index (χ0n) is 12.0. The molecule has 3 nitrogen and oxygen atoms in total. The minimum absolute atomic E-state index is 0.489. The highest BCUT2D eigenvalue weighted by atomic mass is 32.2. The maximum atomic E-state index is 11.8. The van der Waals surface area contributed by atoms with E-state index in [0.29, 0.717) is 10.8 Å². The van der Waals surface area contributed by atoms with E-state index in [9.17, 15) is 8.42 Å². The topological polar surface area (TPSA) is 37.4 Å². The molecule has 0 bridgehead atoms. The minimum atomic E-state index is -3.12. The third kappa shape index (κ3) is 3.18. The lowest BCUT2D eigenvalue weighted by molar-refractivity contribution is 0.222. The van der Waals surface area contributed by atoms with Gasteiger partial charge < -0.3 is 4.90 Å². The molecule has 0 aromatic heterocycles. The number of nitrogens with zero attached hydrogens (tertiary/aromatic N) is 1. The highest BCUT2D eigenvalue weighted by molar-refractivity contribution is 7.90. The van der Waals surface area contributed by atoms with Gasteiger partial charge in [0.2, 0.25) is 0 Å². The summed E-state index contributed by atoms with van der Waals surface area (Å²) in [5.74, 6) is 0.504. The monoisotopic (exact) mass is 281 g/mol. The third-order valence-electron chi connectivity index (χ3n) is 4.20. The molecule has 0 radical (unpaired) electrons. The number of rotatable bonds is 3. The fourth-order valence-electron chi connectivity index (χ4n) is 3.04. The predicted molar refractivity (Wildman–Crippen MR) is 78.4 cm³/mol. The average Bonchev–Trinajstić information content (AvgIpc) is 2.38. The normalized spacial score (nSPS) is 18.7. The van der Waals surface area contributed by atoms with Gasteiger partial charge in [-0.2, -0.15) is 0 Å². The van der Waals surface area contributed by atoms with E-state index in [1.165, 1.54) is 11.8 Å². The van der Waals surface area contributed by atoms with E-state index in [-0.39, 0.29) is 0 Å². The second-order valence-corrected chi connectivity index (χ2v) is 7.44. The highest BCUT2D eigenvalue weighted by Gasteiger charge is 2.23. The zero-order chi connectivity index (χ0) is 14.0. The molecule has 0 atom stereocenters. The van der Waals surface area contributed by atoms with Crippen molar-refractivity contribution < 1.29 is 8.42 Å². The van der Waals surface area contributed by atoms with Gasteiger partial charge in [0.25, 0.3) is 0 Å². The molecule has 1 aliphatic rings. The van der Waals surface area contributed by atoms with Crippen LogP contribution in [-0.2, 0) is 9.84 Å². The van der Waals surface area contributed by atoms with Crippen LogP contribution in [0, 0.1) is 6.92 Å². The van der Waals surface area contributed by atoms with Gasteiger partial charge in [0, 0.05) is 6.26 Å². The van der Waals surface area contributed by atoms with Crippen molar-refractivity contribution in [2.75, 3.05) is 25.9 Å². The molecule has 1 aliphatic heterocycles. The molecular weight excluding hydrogens is 258 g/mol. The largest absolute Gasteiger partial charge is 0.304 e. The van der Waals surface area contributed by atoms with Gasteiger partial charge in [0.15, 0.2) is 9.84 Å². The van der Waals surface area contributed by atoms with Crippen LogP contribution in [0.3, 0.4) is 0 Å². The summed E-state index contributed by atoms with van der Waals surface area (Å²) in [5.41, 5.74) is 2.17. The highest BCUT2D eigenvalue weighted by Crippen LogP contribution is 2.32. The molecule has 1 aromatic carbocycles. The first-order valence-electron chi connectivity index (χ1n) is 6.95. The van der Waals surface area contributed by atoms with Gasteiger partial charge in [-0.25, -0.2) is 8.42 Å².